The van der Waals surface area contributed by atoms with Crippen LogP contribution in [0.1, 0.15) is 58.7 Å². The molecule has 0 atom stereocenters. The van der Waals surface area contributed by atoms with Gasteiger partial charge in [0.1, 0.15) is 17.0 Å². The quantitative estimate of drug-likeness (QED) is 0.178. The van der Waals surface area contributed by atoms with Gasteiger partial charge in [-0.05, 0) is 55.7 Å². The fourth-order valence-corrected chi connectivity index (χ4v) is 4.53. The third-order valence-electron chi connectivity index (χ3n) is 6.17. The number of esters is 2. The molecule has 0 aliphatic heterocycles. The molecule has 0 saturated heterocycles. The molecule has 0 bridgehead atoms. The molecule has 8 nitrogen and oxygen atoms in total. The van der Waals surface area contributed by atoms with E-state index < -0.39 is 0 Å². The van der Waals surface area contributed by atoms with Gasteiger partial charge in [-0.15, -0.1) is 0 Å². The van der Waals surface area contributed by atoms with E-state index in [1.807, 2.05) is 54.8 Å². The Morgan fingerprint density at radius 2 is 1.51 bits per heavy atom. The lowest BCUT2D eigenvalue weighted by molar-refractivity contribution is -0.135. The predicted octanol–water partition coefficient (Wildman–Crippen LogP) is 6.19. The van der Waals surface area contributed by atoms with Crippen LogP contribution in [-0.2, 0) is 16.0 Å². The van der Waals surface area contributed by atoms with Gasteiger partial charge in [-0.3, -0.25) is 18.6 Å². The summed E-state index contributed by atoms with van der Waals surface area (Å²) in [5.74, 6) is 1.23. The van der Waals surface area contributed by atoms with Crippen molar-refractivity contribution < 1.29 is 19.1 Å². The van der Waals surface area contributed by atoms with Crippen molar-refractivity contribution in [3.63, 3.8) is 0 Å². The summed E-state index contributed by atoms with van der Waals surface area (Å²) in [6.07, 6.45) is 5.57. The van der Waals surface area contributed by atoms with Crippen LogP contribution < -0.4 is 9.47 Å². The zero-order chi connectivity index (χ0) is 25.9. The van der Waals surface area contributed by atoms with Crippen LogP contribution in [0.2, 0.25) is 0 Å². The average molecular weight is 499 g/mol. The summed E-state index contributed by atoms with van der Waals surface area (Å²) in [5.41, 5.74) is 3.98. The molecule has 0 spiro atoms. The Morgan fingerprint density at radius 3 is 2.22 bits per heavy atom. The molecule has 190 valence electrons. The maximum Gasteiger partial charge on any atom is 0.311 e. The van der Waals surface area contributed by atoms with E-state index in [-0.39, 0.29) is 11.9 Å². The fraction of sp³-hybridized carbons (Fsp3) is 0.310. The Bertz CT molecular complexity index is 1600. The van der Waals surface area contributed by atoms with Gasteiger partial charge in [-0.25, -0.2) is 9.97 Å². The van der Waals surface area contributed by atoms with Gasteiger partial charge in [0, 0.05) is 24.9 Å². The zero-order valence-electron chi connectivity index (χ0n) is 21.4. The molecule has 5 rings (SSSR count). The Morgan fingerprint density at radius 1 is 0.811 bits per heavy atom. The average Bonchev–Trinajstić information content (AvgIpc) is 3.44. The molecule has 0 radical (unpaired) electrons. The monoisotopic (exact) mass is 498 g/mol. The summed E-state index contributed by atoms with van der Waals surface area (Å²) >= 11 is 0. The maximum absolute atomic E-state index is 12.6. The maximum atomic E-state index is 12.6. The van der Waals surface area contributed by atoms with Gasteiger partial charge in [0.25, 0.3) is 0 Å². The van der Waals surface area contributed by atoms with Crippen molar-refractivity contribution in [1.82, 2.24) is 18.9 Å². The van der Waals surface area contributed by atoms with E-state index in [2.05, 4.69) is 11.3 Å². The van der Waals surface area contributed by atoms with E-state index in [1.54, 1.807) is 18.3 Å². The number of imidazole rings is 1. The third-order valence-corrected chi connectivity index (χ3v) is 6.17. The number of hydrogen-bond donors (Lipinski definition) is 0. The van der Waals surface area contributed by atoms with Crippen molar-refractivity contribution in [1.29, 1.82) is 0 Å². The molecule has 0 unspecified atom stereocenters. The second-order valence-electron chi connectivity index (χ2n) is 9.04. The molecule has 37 heavy (non-hydrogen) atoms. The van der Waals surface area contributed by atoms with Crippen LogP contribution in [0.3, 0.4) is 0 Å². The number of aryl methyl sites for hydroxylation is 1. The minimum Gasteiger partial charge on any atom is -0.427 e. The van der Waals surface area contributed by atoms with Crippen LogP contribution in [-0.4, -0.2) is 30.9 Å². The van der Waals surface area contributed by atoms with E-state index in [9.17, 15) is 9.59 Å². The number of aromatic nitrogens is 4. The van der Waals surface area contributed by atoms with Gasteiger partial charge in [-0.1, -0.05) is 32.9 Å². The minimum atomic E-state index is -0.299. The fourth-order valence-electron chi connectivity index (χ4n) is 4.53. The van der Waals surface area contributed by atoms with Gasteiger partial charge in [-0.2, -0.15) is 0 Å². The number of nitrogens with zero attached hydrogens (tertiary/aromatic N) is 4. The first-order valence-electron chi connectivity index (χ1n) is 12.9. The highest BCUT2D eigenvalue weighted by Crippen LogP contribution is 2.35. The number of rotatable bonds is 9. The van der Waals surface area contributed by atoms with Gasteiger partial charge in [0.05, 0.1) is 17.2 Å². The number of ether oxygens (including phenoxy) is 2. The molecule has 0 aliphatic carbocycles. The van der Waals surface area contributed by atoms with Crippen molar-refractivity contribution in [3.8, 4) is 17.2 Å². The van der Waals surface area contributed by atoms with Crippen LogP contribution in [0.25, 0.3) is 33.4 Å². The topological polar surface area (TPSA) is 87.7 Å². The Hall–Kier alpha value is -4.20. The van der Waals surface area contributed by atoms with Crippen molar-refractivity contribution in [2.75, 3.05) is 0 Å². The van der Waals surface area contributed by atoms with Gasteiger partial charge in [0.15, 0.2) is 17.0 Å². The number of carbonyl (C=O) groups excluding carboxylic acids is 2. The van der Waals surface area contributed by atoms with Gasteiger partial charge in [0.2, 0.25) is 0 Å². The highest BCUT2D eigenvalue weighted by Gasteiger charge is 2.23. The second-order valence-corrected chi connectivity index (χ2v) is 9.04. The van der Waals surface area contributed by atoms with E-state index >= 15 is 0 Å². The molecule has 0 amide bonds. The predicted molar refractivity (Wildman–Crippen MR) is 142 cm³/mol. The first-order chi connectivity index (χ1) is 18.0. The molecule has 2 aromatic carbocycles. The summed E-state index contributed by atoms with van der Waals surface area (Å²) in [6.45, 7) is 6.00. The van der Waals surface area contributed by atoms with Crippen LogP contribution in [0.5, 0.6) is 11.5 Å². The molecular weight excluding hydrogens is 468 g/mol. The first kappa shape index (κ1) is 24.5. The summed E-state index contributed by atoms with van der Waals surface area (Å²) < 4.78 is 15.2. The first-order valence-corrected chi connectivity index (χ1v) is 12.9. The summed E-state index contributed by atoms with van der Waals surface area (Å²) in [6, 6.07) is 15.2. The number of carbonyl (C=O) groups is 2. The van der Waals surface area contributed by atoms with Gasteiger partial charge >= 0.3 is 11.9 Å². The molecule has 0 aliphatic rings. The van der Waals surface area contributed by atoms with Crippen LogP contribution in [0, 0.1) is 0 Å². The smallest absolute Gasteiger partial charge is 0.311 e. The molecule has 5 aromatic rings. The number of hydrogen-bond acceptors (Lipinski definition) is 6. The lowest BCUT2D eigenvalue weighted by atomic mass is 10.2. The molecule has 0 fully saturated rings. The van der Waals surface area contributed by atoms with Crippen LogP contribution in [0.15, 0.2) is 54.7 Å². The lowest BCUT2D eigenvalue weighted by Crippen LogP contribution is -2.07. The zero-order valence-corrected chi connectivity index (χ0v) is 21.4. The number of fused-ring (bicyclic) bond motifs is 5. The molecule has 3 aromatic heterocycles. The summed E-state index contributed by atoms with van der Waals surface area (Å²) in [7, 11) is 0. The van der Waals surface area contributed by atoms with Crippen molar-refractivity contribution in [3.05, 3.63) is 60.6 Å². The minimum absolute atomic E-state index is 0.258. The van der Waals surface area contributed by atoms with Gasteiger partial charge < -0.3 is 9.47 Å². The summed E-state index contributed by atoms with van der Waals surface area (Å²) in [5, 5.41) is 0.680. The summed E-state index contributed by atoms with van der Waals surface area (Å²) in [4.78, 5) is 34.5. The molecule has 8 heteroatoms. The Kier molecular flexibility index (Phi) is 6.90. The van der Waals surface area contributed by atoms with Crippen molar-refractivity contribution >= 4 is 39.7 Å². The van der Waals surface area contributed by atoms with Crippen molar-refractivity contribution in [2.45, 2.75) is 59.3 Å². The van der Waals surface area contributed by atoms with Crippen molar-refractivity contribution in [2.24, 2.45) is 0 Å². The van der Waals surface area contributed by atoms with E-state index in [0.29, 0.717) is 47.4 Å². The highest BCUT2D eigenvalue weighted by atomic mass is 16.5. The highest BCUT2D eigenvalue weighted by molar-refractivity contribution is 6.01. The standard InChI is InChI=1S/C29H30N4O4/c1-4-9-24-31-28-27(29-30-21-12-7-8-13-22(21)33(24)29)23(37-26(35)11-6-3)18-32(28)19-14-16-20(17-15-19)36-25(34)10-5-2/h7-8,12-18H,4-6,9-11H2,1-3H3. The molecule has 0 saturated carbocycles. The van der Waals surface area contributed by atoms with E-state index in [4.69, 9.17) is 19.4 Å². The lowest BCUT2D eigenvalue weighted by Gasteiger charge is -2.10. The van der Waals surface area contributed by atoms with Crippen LogP contribution >= 0.6 is 0 Å². The number of benzene rings is 2. The number of para-hydroxylation sites is 2. The molecule has 3 heterocycles. The SMILES string of the molecule is CCCC(=O)Oc1ccc(-n2cc(OC(=O)CCC)c3c2nc(CCC)n2c4ccccc4nc32)cc1. The van der Waals surface area contributed by atoms with Crippen LogP contribution in [0.4, 0.5) is 0 Å². The van der Waals surface area contributed by atoms with E-state index in [0.717, 1.165) is 41.8 Å². The largest absolute Gasteiger partial charge is 0.427 e. The van der Waals surface area contributed by atoms with E-state index in [1.165, 1.54) is 0 Å². The second kappa shape index (κ2) is 10.4. The third kappa shape index (κ3) is 4.67. The normalized spacial score (nSPS) is 11.4. The Labute approximate surface area is 214 Å². The molecule has 0 N–H and O–H groups in total. The Balaban J connectivity index is 1.71. The molecular formula is C29H30N4O4.